The van der Waals surface area contributed by atoms with E-state index in [0.29, 0.717) is 69.9 Å². The van der Waals surface area contributed by atoms with Crippen LogP contribution in [0.1, 0.15) is 33.3 Å². The summed E-state index contributed by atoms with van der Waals surface area (Å²) in [4.78, 5) is 28.6. The molecule has 0 spiro atoms. The van der Waals surface area contributed by atoms with Crippen LogP contribution in [0.15, 0.2) is 54.6 Å². The molecule has 0 N–H and O–H groups in total. The van der Waals surface area contributed by atoms with E-state index in [0.717, 1.165) is 5.39 Å². The molecule has 3 aromatic carbocycles. The summed E-state index contributed by atoms with van der Waals surface area (Å²) >= 11 is 18.1. The smallest absolute Gasteiger partial charge is 0.310 e. The lowest BCUT2D eigenvalue weighted by molar-refractivity contribution is -0.143. The minimum Gasteiger partial charge on any atom is -0.497 e. The number of morpholine rings is 1. The Kier molecular flexibility index (Phi) is 9.40. The van der Waals surface area contributed by atoms with Gasteiger partial charge in [-0.25, -0.2) is 4.39 Å². The van der Waals surface area contributed by atoms with Crippen molar-refractivity contribution in [3.63, 3.8) is 0 Å². The Labute approximate surface area is 257 Å². The number of benzene rings is 3. The molecule has 0 saturated carbocycles. The third-order valence-corrected chi connectivity index (χ3v) is 8.23. The van der Waals surface area contributed by atoms with Crippen molar-refractivity contribution >= 4 is 57.6 Å². The largest absolute Gasteiger partial charge is 0.497 e. The molecular weight excluding hydrogens is 606 g/mol. The highest BCUT2D eigenvalue weighted by atomic mass is 35.5. The molecule has 1 fully saturated rings. The van der Waals surface area contributed by atoms with Crippen LogP contribution in [0, 0.1) is 12.7 Å². The fraction of sp³-hybridized carbons (Fsp3) is 0.290. The molecule has 0 radical (unpaired) electrons. The van der Waals surface area contributed by atoms with E-state index >= 15 is 0 Å². The molecule has 220 valence electrons. The molecule has 1 unspecified atom stereocenters. The summed E-state index contributed by atoms with van der Waals surface area (Å²) < 4.78 is 32.5. The molecule has 0 aliphatic carbocycles. The van der Waals surface area contributed by atoms with E-state index < -0.39 is 17.9 Å². The van der Waals surface area contributed by atoms with Crippen molar-refractivity contribution in [2.45, 2.75) is 19.4 Å². The second-order valence-electron chi connectivity index (χ2n) is 9.94. The summed E-state index contributed by atoms with van der Waals surface area (Å²) in [6.45, 7) is 3.92. The van der Waals surface area contributed by atoms with Gasteiger partial charge in [-0.1, -0.05) is 34.8 Å². The molecule has 1 aromatic heterocycles. The molecule has 5 rings (SSSR count). The number of hydrogen-bond acceptors (Lipinski definition) is 6. The Bertz CT molecular complexity index is 1640. The number of halogens is 4. The van der Waals surface area contributed by atoms with Gasteiger partial charge in [0, 0.05) is 51.9 Å². The zero-order chi connectivity index (χ0) is 30.0. The number of esters is 1. The highest BCUT2D eigenvalue weighted by Crippen LogP contribution is 2.33. The minimum absolute atomic E-state index is 0.0260. The average molecular weight is 634 g/mol. The first kappa shape index (κ1) is 30.3. The lowest BCUT2D eigenvalue weighted by Gasteiger charge is -2.33. The fourth-order valence-corrected chi connectivity index (χ4v) is 5.79. The first-order valence-corrected chi connectivity index (χ1v) is 14.4. The summed E-state index contributed by atoms with van der Waals surface area (Å²) in [6, 6.07) is 14.7. The van der Waals surface area contributed by atoms with Crippen molar-refractivity contribution in [3.8, 4) is 5.75 Å². The van der Waals surface area contributed by atoms with Gasteiger partial charge in [0.2, 0.25) is 0 Å². The summed E-state index contributed by atoms with van der Waals surface area (Å²) in [7, 11) is 1.56. The standard InChI is InChI=1S/C31H28Cl3FN2O5/c1-18-22(23-13-21(40-2)7-8-28(23)37(18)31(39)19-3-5-20(32)6-4-19)15-30(38)42-12-10-36-9-11-41-29(17-36)24-14-27(35)26(34)16-25(24)33/h3-8,13-14,16,29H,9-12,15,17H2,1-2H3. The maximum absolute atomic E-state index is 14.0. The van der Waals surface area contributed by atoms with Crippen LogP contribution in [0.3, 0.4) is 0 Å². The van der Waals surface area contributed by atoms with Crippen molar-refractivity contribution in [1.82, 2.24) is 9.47 Å². The first-order valence-electron chi connectivity index (χ1n) is 13.3. The van der Waals surface area contributed by atoms with Crippen LogP contribution in [0.25, 0.3) is 10.9 Å². The first-order chi connectivity index (χ1) is 20.2. The van der Waals surface area contributed by atoms with Gasteiger partial charge < -0.3 is 14.2 Å². The van der Waals surface area contributed by atoms with Gasteiger partial charge in [0.05, 0.1) is 36.8 Å². The molecule has 0 amide bonds. The second kappa shape index (κ2) is 13.0. The Morgan fingerprint density at radius 2 is 1.81 bits per heavy atom. The molecule has 2 heterocycles. The van der Waals surface area contributed by atoms with Gasteiger partial charge >= 0.3 is 5.97 Å². The van der Waals surface area contributed by atoms with Crippen molar-refractivity contribution in [1.29, 1.82) is 0 Å². The van der Waals surface area contributed by atoms with E-state index in [-0.39, 0.29) is 24.0 Å². The maximum atomic E-state index is 14.0. The second-order valence-corrected chi connectivity index (χ2v) is 11.2. The molecule has 1 atom stereocenters. The lowest BCUT2D eigenvalue weighted by Crippen LogP contribution is -2.40. The van der Waals surface area contributed by atoms with Gasteiger partial charge in [-0.15, -0.1) is 0 Å². The minimum atomic E-state index is -0.560. The molecule has 0 bridgehead atoms. The Balaban J connectivity index is 1.28. The van der Waals surface area contributed by atoms with E-state index in [1.54, 1.807) is 48.1 Å². The molecule has 1 saturated heterocycles. The molecule has 7 nitrogen and oxygen atoms in total. The van der Waals surface area contributed by atoms with E-state index in [4.69, 9.17) is 49.0 Å². The zero-order valence-corrected chi connectivity index (χ0v) is 25.2. The normalized spacial score (nSPS) is 15.6. The van der Waals surface area contributed by atoms with Crippen molar-refractivity contribution in [2.24, 2.45) is 0 Å². The van der Waals surface area contributed by atoms with Crippen LogP contribution in [0.5, 0.6) is 5.75 Å². The van der Waals surface area contributed by atoms with Gasteiger partial charge in [0.1, 0.15) is 18.2 Å². The number of methoxy groups -OCH3 is 1. The number of ether oxygens (including phenoxy) is 3. The zero-order valence-electron chi connectivity index (χ0n) is 23.0. The van der Waals surface area contributed by atoms with Crippen LogP contribution in [0.4, 0.5) is 4.39 Å². The SMILES string of the molecule is COc1ccc2c(c1)c(CC(=O)OCCN1CCOC(c3cc(F)c(Cl)cc3Cl)C1)c(C)n2C(=O)c1ccc(Cl)cc1. The molecule has 4 aromatic rings. The van der Waals surface area contributed by atoms with Crippen LogP contribution >= 0.6 is 34.8 Å². The molecule has 42 heavy (non-hydrogen) atoms. The third-order valence-electron chi connectivity index (χ3n) is 7.36. The highest BCUT2D eigenvalue weighted by molar-refractivity contribution is 6.35. The van der Waals surface area contributed by atoms with Crippen LogP contribution in [-0.4, -0.2) is 61.3 Å². The lowest BCUT2D eigenvalue weighted by atomic mass is 10.1. The van der Waals surface area contributed by atoms with Crippen LogP contribution in [0.2, 0.25) is 15.1 Å². The van der Waals surface area contributed by atoms with E-state index in [1.165, 1.54) is 12.1 Å². The Morgan fingerprint density at radius 1 is 1.05 bits per heavy atom. The summed E-state index contributed by atoms with van der Waals surface area (Å²) in [5.41, 5.74) is 2.97. The number of carbonyl (C=O) groups excluding carboxylic acids is 2. The number of hydrogen-bond donors (Lipinski definition) is 0. The summed E-state index contributed by atoms with van der Waals surface area (Å²) in [5.74, 6) is -0.612. The van der Waals surface area contributed by atoms with Gasteiger partial charge in [-0.2, -0.15) is 0 Å². The van der Waals surface area contributed by atoms with E-state index in [1.807, 2.05) is 13.0 Å². The quantitative estimate of drug-likeness (QED) is 0.155. The fourth-order valence-electron chi connectivity index (χ4n) is 5.16. The highest BCUT2D eigenvalue weighted by Gasteiger charge is 2.26. The van der Waals surface area contributed by atoms with Crippen molar-refractivity contribution in [3.05, 3.63) is 97.9 Å². The number of nitrogens with zero attached hydrogens (tertiary/aromatic N) is 2. The number of rotatable bonds is 8. The third kappa shape index (κ3) is 6.43. The van der Waals surface area contributed by atoms with Gasteiger partial charge in [-0.05, 0) is 67.1 Å². The summed E-state index contributed by atoms with van der Waals surface area (Å²) in [6.07, 6.45) is -0.461. The molecule has 1 aliphatic rings. The predicted octanol–water partition coefficient (Wildman–Crippen LogP) is 6.91. The monoisotopic (exact) mass is 632 g/mol. The summed E-state index contributed by atoms with van der Waals surface area (Å²) in [5, 5.41) is 1.55. The molecule has 11 heteroatoms. The van der Waals surface area contributed by atoms with E-state index in [9.17, 15) is 14.0 Å². The Hall–Kier alpha value is -3.14. The van der Waals surface area contributed by atoms with Crippen molar-refractivity contribution in [2.75, 3.05) is 40.0 Å². The van der Waals surface area contributed by atoms with Crippen molar-refractivity contribution < 1.29 is 28.2 Å². The number of carbonyl (C=O) groups is 2. The van der Waals surface area contributed by atoms with Gasteiger partial charge in [0.15, 0.2) is 0 Å². The topological polar surface area (TPSA) is 70.0 Å². The molecular formula is C31H28Cl3FN2O5. The predicted molar refractivity (Wildman–Crippen MR) is 161 cm³/mol. The number of fused-ring (bicyclic) bond motifs is 1. The van der Waals surface area contributed by atoms with Crippen LogP contribution < -0.4 is 4.74 Å². The van der Waals surface area contributed by atoms with E-state index in [2.05, 4.69) is 4.90 Å². The van der Waals surface area contributed by atoms with Gasteiger partial charge in [-0.3, -0.25) is 19.1 Å². The Morgan fingerprint density at radius 3 is 2.55 bits per heavy atom. The van der Waals surface area contributed by atoms with Gasteiger partial charge in [0.25, 0.3) is 5.91 Å². The number of aromatic nitrogens is 1. The molecule has 1 aliphatic heterocycles. The maximum Gasteiger partial charge on any atom is 0.310 e. The average Bonchev–Trinajstić information content (AvgIpc) is 3.25. The van der Waals surface area contributed by atoms with Crippen LogP contribution in [-0.2, 0) is 20.7 Å².